The predicted octanol–water partition coefficient (Wildman–Crippen LogP) is 3.56. The summed E-state index contributed by atoms with van der Waals surface area (Å²) < 4.78 is 4.90. The van der Waals surface area contributed by atoms with Gasteiger partial charge in [-0.15, -0.1) is 11.3 Å². The maximum absolute atomic E-state index is 11.5. The largest absolute Gasteiger partial charge is 0.461 e. The van der Waals surface area contributed by atoms with E-state index in [1.165, 1.54) is 17.8 Å². The van der Waals surface area contributed by atoms with E-state index < -0.39 is 0 Å². The standard InChI is InChI=1S/C13H22N2O2S/c1-5-17-12(16)11-8-18-13(15-11)14-10(4)7-6-9(2)3/h8-10H,5-7H2,1-4H3,(H,14,15). The summed E-state index contributed by atoms with van der Waals surface area (Å²) in [6.07, 6.45) is 2.29. The molecule has 1 N–H and O–H groups in total. The van der Waals surface area contributed by atoms with Gasteiger partial charge in [-0.2, -0.15) is 0 Å². The summed E-state index contributed by atoms with van der Waals surface area (Å²) in [7, 11) is 0. The van der Waals surface area contributed by atoms with Crippen molar-refractivity contribution in [3.63, 3.8) is 0 Å². The molecule has 0 fully saturated rings. The van der Waals surface area contributed by atoms with Crippen LogP contribution in [0, 0.1) is 5.92 Å². The molecule has 5 heteroatoms. The summed E-state index contributed by atoms with van der Waals surface area (Å²) in [5.41, 5.74) is 0.389. The number of thiazole rings is 1. The van der Waals surface area contributed by atoms with Gasteiger partial charge in [0.15, 0.2) is 10.8 Å². The Hall–Kier alpha value is -1.10. The van der Waals surface area contributed by atoms with E-state index in [4.69, 9.17) is 4.74 Å². The molecular formula is C13H22N2O2S. The Kier molecular flexibility index (Phi) is 6.12. The lowest BCUT2D eigenvalue weighted by Crippen LogP contribution is -2.16. The first-order valence-corrected chi connectivity index (χ1v) is 7.30. The second-order valence-electron chi connectivity index (χ2n) is 4.77. The molecule has 0 saturated carbocycles. The van der Waals surface area contributed by atoms with E-state index in [0.29, 0.717) is 24.3 Å². The van der Waals surface area contributed by atoms with Crippen molar-refractivity contribution >= 4 is 22.4 Å². The number of rotatable bonds is 7. The Morgan fingerprint density at radius 3 is 2.78 bits per heavy atom. The van der Waals surface area contributed by atoms with Gasteiger partial charge < -0.3 is 10.1 Å². The Labute approximate surface area is 113 Å². The SMILES string of the molecule is CCOC(=O)c1csc(NC(C)CCC(C)C)n1. The van der Waals surface area contributed by atoms with E-state index in [2.05, 4.69) is 31.1 Å². The minimum absolute atomic E-state index is 0.350. The highest BCUT2D eigenvalue weighted by atomic mass is 32.1. The van der Waals surface area contributed by atoms with Gasteiger partial charge in [-0.25, -0.2) is 9.78 Å². The number of ether oxygens (including phenoxy) is 1. The lowest BCUT2D eigenvalue weighted by atomic mass is 10.0. The van der Waals surface area contributed by atoms with Crippen LogP contribution in [0.25, 0.3) is 0 Å². The molecule has 0 amide bonds. The minimum atomic E-state index is -0.350. The lowest BCUT2D eigenvalue weighted by molar-refractivity contribution is 0.0520. The van der Waals surface area contributed by atoms with Crippen LogP contribution >= 0.6 is 11.3 Å². The number of hydrogen-bond donors (Lipinski definition) is 1. The number of anilines is 1. The molecule has 1 heterocycles. The number of nitrogens with zero attached hydrogens (tertiary/aromatic N) is 1. The Bertz CT molecular complexity index is 377. The van der Waals surface area contributed by atoms with Crippen LogP contribution < -0.4 is 5.32 Å². The van der Waals surface area contributed by atoms with E-state index in [-0.39, 0.29) is 5.97 Å². The zero-order chi connectivity index (χ0) is 13.5. The Morgan fingerprint density at radius 1 is 1.44 bits per heavy atom. The molecule has 18 heavy (non-hydrogen) atoms. The number of carbonyl (C=O) groups is 1. The number of carbonyl (C=O) groups excluding carboxylic acids is 1. The summed E-state index contributed by atoms with van der Waals surface area (Å²) in [4.78, 5) is 15.7. The van der Waals surface area contributed by atoms with Crippen LogP contribution in [0.15, 0.2) is 5.38 Å². The van der Waals surface area contributed by atoms with Crippen molar-refractivity contribution in [3.8, 4) is 0 Å². The van der Waals surface area contributed by atoms with Crippen LogP contribution in [0.3, 0.4) is 0 Å². The van der Waals surface area contributed by atoms with Crippen LogP contribution in [-0.4, -0.2) is 23.6 Å². The van der Waals surface area contributed by atoms with Crippen molar-refractivity contribution in [2.45, 2.75) is 46.6 Å². The second kappa shape index (κ2) is 7.36. The van der Waals surface area contributed by atoms with Crippen molar-refractivity contribution in [2.75, 3.05) is 11.9 Å². The zero-order valence-corrected chi connectivity index (χ0v) is 12.3. The third kappa shape index (κ3) is 5.04. The summed E-state index contributed by atoms with van der Waals surface area (Å²) in [5.74, 6) is 0.359. The van der Waals surface area contributed by atoms with E-state index >= 15 is 0 Å². The van der Waals surface area contributed by atoms with Gasteiger partial charge >= 0.3 is 5.97 Å². The first-order chi connectivity index (χ1) is 8.52. The summed E-state index contributed by atoms with van der Waals surface area (Å²) in [5, 5.41) is 5.83. The predicted molar refractivity (Wildman–Crippen MR) is 75.2 cm³/mol. The molecule has 0 spiro atoms. The molecule has 4 nitrogen and oxygen atoms in total. The van der Waals surface area contributed by atoms with Crippen molar-refractivity contribution in [2.24, 2.45) is 5.92 Å². The monoisotopic (exact) mass is 270 g/mol. The molecule has 1 aromatic heterocycles. The molecule has 0 saturated heterocycles. The van der Waals surface area contributed by atoms with Crippen molar-refractivity contribution in [1.29, 1.82) is 0 Å². The van der Waals surface area contributed by atoms with Crippen LogP contribution in [0.1, 0.15) is 51.0 Å². The third-order valence-electron chi connectivity index (χ3n) is 2.54. The molecule has 0 aliphatic heterocycles. The summed E-state index contributed by atoms with van der Waals surface area (Å²) in [6.45, 7) is 8.74. The Morgan fingerprint density at radius 2 is 2.17 bits per heavy atom. The fraction of sp³-hybridized carbons (Fsp3) is 0.692. The first kappa shape index (κ1) is 15.0. The van der Waals surface area contributed by atoms with Gasteiger partial charge in [-0.3, -0.25) is 0 Å². The molecule has 1 aromatic rings. The van der Waals surface area contributed by atoms with Crippen LogP contribution in [0.2, 0.25) is 0 Å². The fourth-order valence-electron chi connectivity index (χ4n) is 1.51. The molecule has 0 aliphatic carbocycles. The Balaban J connectivity index is 2.45. The molecule has 0 bridgehead atoms. The molecule has 0 aromatic carbocycles. The van der Waals surface area contributed by atoms with Gasteiger partial charge in [0.05, 0.1) is 6.61 Å². The van der Waals surface area contributed by atoms with E-state index in [1.807, 2.05) is 0 Å². The van der Waals surface area contributed by atoms with Crippen LogP contribution in [-0.2, 0) is 4.74 Å². The van der Waals surface area contributed by atoms with E-state index in [1.54, 1.807) is 12.3 Å². The molecule has 0 aliphatic rings. The molecule has 1 atom stereocenters. The quantitative estimate of drug-likeness (QED) is 0.770. The highest BCUT2D eigenvalue weighted by molar-refractivity contribution is 7.13. The average molecular weight is 270 g/mol. The zero-order valence-electron chi connectivity index (χ0n) is 11.5. The third-order valence-corrected chi connectivity index (χ3v) is 3.31. The molecule has 102 valence electrons. The van der Waals surface area contributed by atoms with E-state index in [9.17, 15) is 4.79 Å². The van der Waals surface area contributed by atoms with Crippen molar-refractivity contribution in [3.05, 3.63) is 11.1 Å². The minimum Gasteiger partial charge on any atom is -0.461 e. The highest BCUT2D eigenvalue weighted by Crippen LogP contribution is 2.18. The maximum atomic E-state index is 11.5. The van der Waals surface area contributed by atoms with Gasteiger partial charge in [0.1, 0.15) is 0 Å². The number of hydrogen-bond acceptors (Lipinski definition) is 5. The fourth-order valence-corrected chi connectivity index (χ4v) is 2.30. The van der Waals surface area contributed by atoms with Crippen LogP contribution in [0.5, 0.6) is 0 Å². The molecule has 1 rings (SSSR count). The van der Waals surface area contributed by atoms with Crippen molar-refractivity contribution in [1.82, 2.24) is 4.98 Å². The van der Waals surface area contributed by atoms with Gasteiger partial charge in [0.2, 0.25) is 0 Å². The van der Waals surface area contributed by atoms with Gasteiger partial charge in [0.25, 0.3) is 0 Å². The van der Waals surface area contributed by atoms with Crippen molar-refractivity contribution < 1.29 is 9.53 Å². The van der Waals surface area contributed by atoms with Gasteiger partial charge in [-0.05, 0) is 32.6 Å². The topological polar surface area (TPSA) is 51.2 Å². The first-order valence-electron chi connectivity index (χ1n) is 6.42. The average Bonchev–Trinajstić information content (AvgIpc) is 2.75. The maximum Gasteiger partial charge on any atom is 0.357 e. The summed E-state index contributed by atoms with van der Waals surface area (Å²) in [6, 6.07) is 0.369. The highest BCUT2D eigenvalue weighted by Gasteiger charge is 2.12. The van der Waals surface area contributed by atoms with Gasteiger partial charge in [-0.1, -0.05) is 13.8 Å². The lowest BCUT2D eigenvalue weighted by Gasteiger charge is -2.13. The normalized spacial score (nSPS) is 12.5. The molecular weight excluding hydrogens is 248 g/mol. The number of aromatic nitrogens is 1. The van der Waals surface area contributed by atoms with E-state index in [0.717, 1.165) is 11.6 Å². The number of esters is 1. The van der Waals surface area contributed by atoms with Crippen LogP contribution in [0.4, 0.5) is 5.13 Å². The van der Waals surface area contributed by atoms with Gasteiger partial charge in [0, 0.05) is 11.4 Å². The molecule has 1 unspecified atom stereocenters. The summed E-state index contributed by atoms with van der Waals surface area (Å²) >= 11 is 1.44. The number of nitrogens with one attached hydrogen (secondary N) is 1. The smallest absolute Gasteiger partial charge is 0.357 e. The molecule has 0 radical (unpaired) electrons. The second-order valence-corrected chi connectivity index (χ2v) is 5.63.